The number of likely N-dealkylation sites (N-methyl/N-ethyl adjacent to an activating group) is 1. The Morgan fingerprint density at radius 2 is 1.64 bits per heavy atom. The summed E-state index contributed by atoms with van der Waals surface area (Å²) in [6.07, 6.45) is 5.23. The molecule has 1 aliphatic rings. The van der Waals surface area contributed by atoms with Crippen molar-refractivity contribution in [1.82, 2.24) is 9.21 Å². The highest BCUT2D eigenvalue weighted by Crippen LogP contribution is 2.32. The molecule has 1 aromatic rings. The standard InChI is InChI=1S/C24H35F3N2O3S/c1-4-15-28(2)16-5-6-17-32-19-21-9-7-20(8-10-21)18-29(3)33(30,31)23-13-11-22(12-14-23)24(25,26)27/h4-6,11-14,20-21H,1,7-10,15-19H2,2-3H3/b6-5+/t20-,21-. The molecule has 2 rings (SSSR count). The van der Waals surface area contributed by atoms with Crippen LogP contribution in [-0.2, 0) is 20.9 Å². The molecule has 0 amide bonds. The van der Waals surface area contributed by atoms with Gasteiger partial charge in [0.1, 0.15) is 0 Å². The van der Waals surface area contributed by atoms with Crippen molar-refractivity contribution in [2.75, 3.05) is 46.9 Å². The molecule has 0 spiro atoms. The van der Waals surface area contributed by atoms with Crippen LogP contribution in [-0.4, -0.2) is 64.6 Å². The predicted octanol–water partition coefficient (Wildman–Crippen LogP) is 4.82. The number of hydrogen-bond donors (Lipinski definition) is 0. The van der Waals surface area contributed by atoms with Crippen molar-refractivity contribution in [3.8, 4) is 0 Å². The second kappa shape index (κ2) is 12.7. The lowest BCUT2D eigenvalue weighted by Crippen LogP contribution is -2.34. The van der Waals surface area contributed by atoms with Gasteiger partial charge in [-0.2, -0.15) is 13.2 Å². The maximum Gasteiger partial charge on any atom is 0.416 e. The van der Waals surface area contributed by atoms with Gasteiger partial charge in [0.2, 0.25) is 10.0 Å². The van der Waals surface area contributed by atoms with Crippen LogP contribution in [0.4, 0.5) is 13.2 Å². The molecule has 1 aromatic carbocycles. The summed E-state index contributed by atoms with van der Waals surface area (Å²) in [5, 5.41) is 0. The molecule has 1 fully saturated rings. The van der Waals surface area contributed by atoms with Crippen molar-refractivity contribution in [3.05, 3.63) is 54.6 Å². The minimum absolute atomic E-state index is 0.121. The van der Waals surface area contributed by atoms with Crippen molar-refractivity contribution < 1.29 is 26.3 Å². The van der Waals surface area contributed by atoms with Gasteiger partial charge < -0.3 is 4.74 Å². The van der Waals surface area contributed by atoms with Crippen molar-refractivity contribution in [1.29, 1.82) is 0 Å². The average molecular weight is 489 g/mol. The third-order valence-electron chi connectivity index (χ3n) is 5.96. The first-order chi connectivity index (χ1) is 15.5. The predicted molar refractivity (Wildman–Crippen MR) is 124 cm³/mol. The number of nitrogens with zero attached hydrogens (tertiary/aromatic N) is 2. The smallest absolute Gasteiger partial charge is 0.377 e. The largest absolute Gasteiger partial charge is 0.416 e. The Hall–Kier alpha value is -1.68. The molecule has 33 heavy (non-hydrogen) atoms. The van der Waals surface area contributed by atoms with Gasteiger partial charge in [-0.3, -0.25) is 4.90 Å². The van der Waals surface area contributed by atoms with Crippen molar-refractivity contribution in [2.24, 2.45) is 11.8 Å². The zero-order valence-electron chi connectivity index (χ0n) is 19.4. The minimum Gasteiger partial charge on any atom is -0.377 e. The van der Waals surface area contributed by atoms with E-state index in [-0.39, 0.29) is 10.8 Å². The fraction of sp³-hybridized carbons (Fsp3) is 0.583. The molecule has 0 atom stereocenters. The van der Waals surface area contributed by atoms with E-state index in [9.17, 15) is 21.6 Å². The molecule has 0 bridgehead atoms. The molecular weight excluding hydrogens is 453 g/mol. The van der Waals surface area contributed by atoms with E-state index >= 15 is 0 Å². The Labute approximate surface area is 196 Å². The number of benzene rings is 1. The summed E-state index contributed by atoms with van der Waals surface area (Å²) in [6, 6.07) is 3.66. The Morgan fingerprint density at radius 3 is 2.21 bits per heavy atom. The second-order valence-corrected chi connectivity index (χ2v) is 10.8. The van der Waals surface area contributed by atoms with Gasteiger partial charge in [0, 0.05) is 33.3 Å². The summed E-state index contributed by atoms with van der Waals surface area (Å²) in [6.45, 7) is 7.04. The maximum atomic E-state index is 12.7. The van der Waals surface area contributed by atoms with Crippen LogP contribution in [0, 0.1) is 11.8 Å². The van der Waals surface area contributed by atoms with Gasteiger partial charge in [0.15, 0.2) is 0 Å². The highest BCUT2D eigenvalue weighted by molar-refractivity contribution is 7.89. The monoisotopic (exact) mass is 488 g/mol. The van der Waals surface area contributed by atoms with E-state index in [1.807, 2.05) is 19.2 Å². The summed E-state index contributed by atoms with van der Waals surface area (Å²) in [7, 11) is -0.310. The van der Waals surface area contributed by atoms with E-state index < -0.39 is 21.8 Å². The third-order valence-corrected chi connectivity index (χ3v) is 7.80. The zero-order chi connectivity index (χ0) is 24.5. The average Bonchev–Trinajstić information content (AvgIpc) is 2.77. The molecule has 186 valence electrons. The molecular formula is C24H35F3N2O3S. The van der Waals surface area contributed by atoms with Crippen molar-refractivity contribution in [2.45, 2.75) is 36.8 Å². The van der Waals surface area contributed by atoms with Gasteiger partial charge in [0.25, 0.3) is 0 Å². The van der Waals surface area contributed by atoms with E-state index in [1.54, 1.807) is 0 Å². The summed E-state index contributed by atoms with van der Waals surface area (Å²) < 4.78 is 70.7. The normalized spacial score (nSPS) is 20.1. The van der Waals surface area contributed by atoms with Crippen LogP contribution in [0.15, 0.2) is 54.0 Å². The van der Waals surface area contributed by atoms with Crippen LogP contribution in [0.2, 0.25) is 0 Å². The Balaban J connectivity index is 1.73. The van der Waals surface area contributed by atoms with E-state index in [2.05, 4.69) is 17.6 Å². The van der Waals surface area contributed by atoms with Crippen LogP contribution in [0.25, 0.3) is 0 Å². The van der Waals surface area contributed by atoms with Crippen molar-refractivity contribution >= 4 is 10.0 Å². The summed E-state index contributed by atoms with van der Waals surface area (Å²) in [5.41, 5.74) is -0.861. The molecule has 0 saturated heterocycles. The number of rotatable bonds is 12. The maximum absolute atomic E-state index is 12.7. The first kappa shape index (κ1) is 27.6. The first-order valence-corrected chi connectivity index (χ1v) is 12.6. The van der Waals surface area contributed by atoms with E-state index in [1.165, 1.54) is 11.4 Å². The number of ether oxygens (including phenoxy) is 1. The second-order valence-electron chi connectivity index (χ2n) is 8.71. The molecule has 0 heterocycles. The van der Waals surface area contributed by atoms with Crippen LogP contribution >= 0.6 is 0 Å². The van der Waals surface area contributed by atoms with E-state index in [4.69, 9.17) is 4.74 Å². The van der Waals surface area contributed by atoms with Crippen LogP contribution in [0.5, 0.6) is 0 Å². The molecule has 0 aliphatic heterocycles. The molecule has 0 aromatic heterocycles. The van der Waals surface area contributed by atoms with Crippen molar-refractivity contribution in [3.63, 3.8) is 0 Å². The number of alkyl halides is 3. The lowest BCUT2D eigenvalue weighted by atomic mass is 9.82. The van der Waals surface area contributed by atoms with Crippen LogP contribution in [0.3, 0.4) is 0 Å². The molecule has 5 nitrogen and oxygen atoms in total. The number of halogens is 3. The van der Waals surface area contributed by atoms with Gasteiger partial charge in [-0.25, -0.2) is 12.7 Å². The van der Waals surface area contributed by atoms with Gasteiger partial charge >= 0.3 is 6.18 Å². The SMILES string of the molecule is C=CCN(C)C/C=C/COC[C@H]1CC[C@H](CN(C)S(=O)(=O)c2ccc(C(F)(F)F)cc2)CC1. The molecule has 1 aliphatic carbocycles. The van der Waals surface area contributed by atoms with Gasteiger partial charge in [0.05, 0.1) is 17.1 Å². The lowest BCUT2D eigenvalue weighted by Gasteiger charge is -2.30. The van der Waals surface area contributed by atoms with Gasteiger partial charge in [-0.15, -0.1) is 6.58 Å². The quantitative estimate of drug-likeness (QED) is 0.313. The molecule has 1 saturated carbocycles. The van der Waals surface area contributed by atoms with Crippen LogP contribution < -0.4 is 0 Å². The molecule has 0 unspecified atom stereocenters. The number of sulfonamides is 1. The molecule has 0 N–H and O–H groups in total. The highest BCUT2D eigenvalue weighted by atomic mass is 32.2. The van der Waals surface area contributed by atoms with E-state index in [0.29, 0.717) is 25.7 Å². The third kappa shape index (κ3) is 8.88. The zero-order valence-corrected chi connectivity index (χ0v) is 20.2. The Morgan fingerprint density at radius 1 is 1.03 bits per heavy atom. The van der Waals surface area contributed by atoms with Gasteiger partial charge in [-0.1, -0.05) is 18.2 Å². The van der Waals surface area contributed by atoms with E-state index in [0.717, 1.165) is 63.0 Å². The summed E-state index contributed by atoms with van der Waals surface area (Å²) in [5.74, 6) is 0.700. The van der Waals surface area contributed by atoms with Crippen LogP contribution in [0.1, 0.15) is 31.2 Å². The van der Waals surface area contributed by atoms with Gasteiger partial charge in [-0.05, 0) is 68.8 Å². The topological polar surface area (TPSA) is 49.9 Å². The Kier molecular flexibility index (Phi) is 10.6. The lowest BCUT2D eigenvalue weighted by molar-refractivity contribution is -0.137. The first-order valence-electron chi connectivity index (χ1n) is 11.2. The summed E-state index contributed by atoms with van der Waals surface area (Å²) in [4.78, 5) is 2.02. The highest BCUT2D eigenvalue weighted by Gasteiger charge is 2.32. The minimum atomic E-state index is -4.49. The molecule has 0 radical (unpaired) electrons. The number of hydrogen-bond acceptors (Lipinski definition) is 4. The Bertz CT molecular complexity index is 862. The fourth-order valence-electron chi connectivity index (χ4n) is 3.96. The molecule has 9 heteroatoms. The summed E-state index contributed by atoms with van der Waals surface area (Å²) >= 11 is 0. The fourth-order valence-corrected chi connectivity index (χ4v) is 5.21.